The van der Waals surface area contributed by atoms with Gasteiger partial charge in [-0.15, -0.1) is 0 Å². The van der Waals surface area contributed by atoms with Crippen molar-refractivity contribution in [3.05, 3.63) is 41.8 Å². The number of halogens is 1. The third-order valence-corrected chi connectivity index (χ3v) is 4.17. The molecule has 0 bridgehead atoms. The van der Waals surface area contributed by atoms with Crippen molar-refractivity contribution in [3.63, 3.8) is 0 Å². The average Bonchev–Trinajstić information content (AvgIpc) is 3.22. The van der Waals surface area contributed by atoms with Crippen molar-refractivity contribution in [1.29, 1.82) is 0 Å². The van der Waals surface area contributed by atoms with Crippen LogP contribution >= 0.6 is 11.6 Å². The molecule has 6 nitrogen and oxygen atoms in total. The first-order valence-electron chi connectivity index (χ1n) is 7.61. The molecule has 2 aromatic heterocycles. The van der Waals surface area contributed by atoms with E-state index < -0.39 is 0 Å². The molecular formula is C16H16ClN5O. The highest BCUT2D eigenvalue weighted by atomic mass is 35.5. The maximum Gasteiger partial charge on any atom is 0.168 e. The van der Waals surface area contributed by atoms with Gasteiger partial charge in [-0.3, -0.25) is 0 Å². The fourth-order valence-corrected chi connectivity index (χ4v) is 2.98. The van der Waals surface area contributed by atoms with Gasteiger partial charge in [0.15, 0.2) is 5.65 Å². The van der Waals surface area contributed by atoms with Crippen molar-refractivity contribution < 1.29 is 4.74 Å². The molecule has 1 aromatic carbocycles. The Morgan fingerprint density at radius 3 is 3.13 bits per heavy atom. The number of benzene rings is 1. The number of aromatic nitrogens is 4. The minimum absolute atomic E-state index is 0.253. The highest BCUT2D eigenvalue weighted by Gasteiger charge is 2.17. The molecule has 1 saturated heterocycles. The minimum Gasteiger partial charge on any atom is -0.376 e. The van der Waals surface area contributed by atoms with Crippen molar-refractivity contribution in [2.45, 2.75) is 18.9 Å². The second-order valence-electron chi connectivity index (χ2n) is 5.51. The topological polar surface area (TPSA) is 64.9 Å². The lowest BCUT2D eigenvalue weighted by Crippen LogP contribution is -2.19. The number of fused-ring (bicyclic) bond motifs is 1. The molecule has 4 rings (SSSR count). The Morgan fingerprint density at radius 1 is 1.35 bits per heavy atom. The molecule has 0 amide bonds. The number of hydrogen-bond donors (Lipinski definition) is 1. The summed E-state index contributed by atoms with van der Waals surface area (Å²) in [5.41, 5.74) is 1.62. The van der Waals surface area contributed by atoms with Gasteiger partial charge in [0.1, 0.15) is 12.1 Å². The van der Waals surface area contributed by atoms with Crippen LogP contribution in [0.2, 0.25) is 5.02 Å². The smallest absolute Gasteiger partial charge is 0.168 e. The molecule has 23 heavy (non-hydrogen) atoms. The standard InChI is InChI=1S/C16H16ClN5O/c17-11-3-1-4-12(7-11)22-16-14(9-21-22)15(19-10-20-16)18-8-13-5-2-6-23-13/h1,3-4,7,9-10,13H,2,5-6,8H2,(H,18,19,20)/t13-/m0/s1. The molecule has 1 N–H and O–H groups in total. The highest BCUT2D eigenvalue weighted by molar-refractivity contribution is 6.30. The van der Waals surface area contributed by atoms with E-state index in [2.05, 4.69) is 20.4 Å². The lowest BCUT2D eigenvalue weighted by atomic mass is 10.2. The third-order valence-electron chi connectivity index (χ3n) is 3.94. The van der Waals surface area contributed by atoms with Gasteiger partial charge in [0.25, 0.3) is 0 Å². The molecule has 1 aliphatic heterocycles. The average molecular weight is 330 g/mol. The minimum atomic E-state index is 0.253. The number of hydrogen-bond acceptors (Lipinski definition) is 5. The van der Waals surface area contributed by atoms with E-state index in [1.165, 1.54) is 0 Å². The Balaban J connectivity index is 1.66. The summed E-state index contributed by atoms with van der Waals surface area (Å²) in [4.78, 5) is 8.70. The van der Waals surface area contributed by atoms with E-state index >= 15 is 0 Å². The van der Waals surface area contributed by atoms with Gasteiger partial charge in [-0.25, -0.2) is 14.6 Å². The fourth-order valence-electron chi connectivity index (χ4n) is 2.80. The zero-order valence-electron chi connectivity index (χ0n) is 12.4. The molecule has 3 heterocycles. The first kappa shape index (κ1) is 14.4. The Kier molecular flexibility index (Phi) is 3.85. The summed E-state index contributed by atoms with van der Waals surface area (Å²) in [6.45, 7) is 1.59. The molecule has 0 radical (unpaired) electrons. The van der Waals surface area contributed by atoms with Crippen molar-refractivity contribution in [2.75, 3.05) is 18.5 Å². The monoisotopic (exact) mass is 329 g/mol. The van der Waals surface area contributed by atoms with E-state index in [9.17, 15) is 0 Å². The van der Waals surface area contributed by atoms with Crippen LogP contribution < -0.4 is 5.32 Å². The summed E-state index contributed by atoms with van der Waals surface area (Å²) < 4.78 is 7.40. The van der Waals surface area contributed by atoms with E-state index in [1.54, 1.807) is 17.2 Å². The second kappa shape index (κ2) is 6.14. The molecule has 7 heteroatoms. The largest absolute Gasteiger partial charge is 0.376 e. The molecule has 0 aliphatic carbocycles. The second-order valence-corrected chi connectivity index (χ2v) is 5.95. The van der Waals surface area contributed by atoms with E-state index in [4.69, 9.17) is 16.3 Å². The van der Waals surface area contributed by atoms with Crippen LogP contribution in [-0.2, 0) is 4.74 Å². The van der Waals surface area contributed by atoms with Gasteiger partial charge in [-0.2, -0.15) is 5.10 Å². The molecule has 118 valence electrons. The van der Waals surface area contributed by atoms with Gasteiger partial charge in [-0.1, -0.05) is 17.7 Å². The number of nitrogens with zero attached hydrogens (tertiary/aromatic N) is 4. The Hall–Kier alpha value is -2.18. The van der Waals surface area contributed by atoms with Gasteiger partial charge >= 0.3 is 0 Å². The highest BCUT2D eigenvalue weighted by Crippen LogP contribution is 2.23. The van der Waals surface area contributed by atoms with Crippen molar-refractivity contribution in [2.24, 2.45) is 0 Å². The molecule has 0 spiro atoms. The lowest BCUT2D eigenvalue weighted by molar-refractivity contribution is 0.120. The van der Waals surface area contributed by atoms with Crippen LogP contribution in [0, 0.1) is 0 Å². The first-order chi connectivity index (χ1) is 11.3. The molecule has 3 aromatic rings. The predicted molar refractivity (Wildman–Crippen MR) is 89.1 cm³/mol. The first-order valence-corrected chi connectivity index (χ1v) is 7.99. The Bertz CT molecular complexity index is 828. The molecule has 1 aliphatic rings. The Labute approximate surface area is 138 Å². The van der Waals surface area contributed by atoms with Gasteiger partial charge in [0, 0.05) is 18.2 Å². The summed E-state index contributed by atoms with van der Waals surface area (Å²) in [5.74, 6) is 0.777. The summed E-state index contributed by atoms with van der Waals surface area (Å²) in [5, 5.41) is 9.33. The maximum absolute atomic E-state index is 6.07. The van der Waals surface area contributed by atoms with Crippen LogP contribution in [0.3, 0.4) is 0 Å². The molecule has 1 fully saturated rings. The molecule has 0 saturated carbocycles. The normalized spacial score (nSPS) is 17.7. The zero-order chi connectivity index (χ0) is 15.6. The van der Waals surface area contributed by atoms with E-state index in [0.717, 1.165) is 48.5 Å². The molecule has 1 atom stereocenters. The van der Waals surface area contributed by atoms with Crippen LogP contribution in [0.25, 0.3) is 16.7 Å². The summed E-state index contributed by atoms with van der Waals surface area (Å²) >= 11 is 6.07. The predicted octanol–water partition coefficient (Wildman–Crippen LogP) is 3.06. The number of rotatable bonds is 4. The van der Waals surface area contributed by atoms with Crippen molar-refractivity contribution in [1.82, 2.24) is 19.7 Å². The lowest BCUT2D eigenvalue weighted by Gasteiger charge is -2.11. The van der Waals surface area contributed by atoms with Crippen LogP contribution in [-0.4, -0.2) is 39.0 Å². The SMILES string of the molecule is Clc1cccc(-n2ncc3c(NC[C@@H]4CCCO4)ncnc32)c1. The van der Waals surface area contributed by atoms with Crippen LogP contribution in [0.5, 0.6) is 0 Å². The van der Waals surface area contributed by atoms with Crippen LogP contribution in [0.15, 0.2) is 36.8 Å². The Morgan fingerprint density at radius 2 is 2.30 bits per heavy atom. The number of anilines is 1. The molecule has 0 unspecified atom stereocenters. The van der Waals surface area contributed by atoms with Crippen molar-refractivity contribution in [3.8, 4) is 5.69 Å². The van der Waals surface area contributed by atoms with Crippen LogP contribution in [0.1, 0.15) is 12.8 Å². The quantitative estimate of drug-likeness (QED) is 0.797. The number of ether oxygens (including phenoxy) is 1. The summed E-state index contributed by atoms with van der Waals surface area (Å²) in [6, 6.07) is 7.53. The van der Waals surface area contributed by atoms with E-state index in [-0.39, 0.29) is 6.10 Å². The summed E-state index contributed by atoms with van der Waals surface area (Å²) in [7, 11) is 0. The maximum atomic E-state index is 6.07. The van der Waals surface area contributed by atoms with E-state index in [1.807, 2.05) is 24.3 Å². The number of nitrogens with one attached hydrogen (secondary N) is 1. The van der Waals surface area contributed by atoms with Gasteiger partial charge in [0.2, 0.25) is 0 Å². The van der Waals surface area contributed by atoms with Crippen molar-refractivity contribution >= 4 is 28.5 Å². The summed E-state index contributed by atoms with van der Waals surface area (Å²) in [6.07, 6.45) is 5.78. The van der Waals surface area contributed by atoms with Crippen LogP contribution in [0.4, 0.5) is 5.82 Å². The zero-order valence-corrected chi connectivity index (χ0v) is 13.2. The fraction of sp³-hybridized carbons (Fsp3) is 0.312. The third kappa shape index (κ3) is 2.87. The van der Waals surface area contributed by atoms with Gasteiger partial charge < -0.3 is 10.1 Å². The van der Waals surface area contributed by atoms with Gasteiger partial charge in [-0.05, 0) is 31.0 Å². The van der Waals surface area contributed by atoms with Gasteiger partial charge in [0.05, 0.1) is 23.4 Å². The molecular weight excluding hydrogens is 314 g/mol. The van der Waals surface area contributed by atoms with E-state index in [0.29, 0.717) is 5.02 Å².